The molecule has 0 amide bonds. The highest BCUT2D eigenvalue weighted by Crippen LogP contribution is 2.33. The molecular formula is C16H25BrFN. The molecule has 0 saturated carbocycles. The first kappa shape index (κ1) is 16.6. The van der Waals surface area contributed by atoms with Crippen LogP contribution in [0, 0.1) is 11.2 Å². The molecule has 0 bridgehead atoms. The smallest absolute Gasteiger partial charge is 0.137 e. The van der Waals surface area contributed by atoms with Gasteiger partial charge in [-0.2, -0.15) is 0 Å². The molecule has 1 nitrogen and oxygen atoms in total. The molecule has 0 radical (unpaired) electrons. The van der Waals surface area contributed by atoms with E-state index in [9.17, 15) is 4.39 Å². The summed E-state index contributed by atoms with van der Waals surface area (Å²) in [5.41, 5.74) is 1.49. The van der Waals surface area contributed by atoms with Gasteiger partial charge in [0.15, 0.2) is 0 Å². The highest BCUT2D eigenvalue weighted by atomic mass is 79.9. The maximum absolute atomic E-state index is 13.3. The van der Waals surface area contributed by atoms with Gasteiger partial charge in [0.25, 0.3) is 0 Å². The van der Waals surface area contributed by atoms with Crippen molar-refractivity contribution in [2.45, 2.75) is 46.0 Å². The van der Waals surface area contributed by atoms with Gasteiger partial charge in [-0.05, 0) is 65.4 Å². The normalized spacial score (nSPS) is 14.4. The average molecular weight is 330 g/mol. The summed E-state index contributed by atoms with van der Waals surface area (Å²) < 4.78 is 13.9. The predicted molar refractivity (Wildman–Crippen MR) is 84.0 cm³/mol. The molecule has 0 saturated heterocycles. The lowest BCUT2D eigenvalue weighted by Gasteiger charge is -2.33. The van der Waals surface area contributed by atoms with Crippen LogP contribution in [0.3, 0.4) is 0 Å². The number of benzene rings is 1. The predicted octanol–water partition coefficient (Wildman–Crippen LogP) is 4.94. The van der Waals surface area contributed by atoms with Crippen molar-refractivity contribution in [1.82, 2.24) is 5.32 Å². The fraction of sp³-hybridized carbons (Fsp3) is 0.625. The minimum atomic E-state index is -0.187. The molecule has 0 fully saturated rings. The monoisotopic (exact) mass is 329 g/mol. The van der Waals surface area contributed by atoms with Crippen LogP contribution in [0.25, 0.3) is 0 Å². The molecule has 1 N–H and O–H groups in total. The van der Waals surface area contributed by atoms with Crippen LogP contribution in [0.2, 0.25) is 0 Å². The van der Waals surface area contributed by atoms with Crippen LogP contribution in [0.5, 0.6) is 0 Å². The second-order valence-corrected chi connectivity index (χ2v) is 6.27. The van der Waals surface area contributed by atoms with E-state index in [1.807, 2.05) is 19.2 Å². The summed E-state index contributed by atoms with van der Waals surface area (Å²) in [6, 6.07) is 5.38. The molecule has 0 aromatic heterocycles. The minimum Gasteiger partial charge on any atom is -0.319 e. The van der Waals surface area contributed by atoms with Crippen LogP contribution in [0.15, 0.2) is 22.7 Å². The number of halogens is 2. The maximum atomic E-state index is 13.3. The first-order valence-electron chi connectivity index (χ1n) is 7.15. The Balaban J connectivity index is 2.88. The van der Waals surface area contributed by atoms with Gasteiger partial charge in [-0.25, -0.2) is 4.39 Å². The van der Waals surface area contributed by atoms with Crippen molar-refractivity contribution in [3.05, 3.63) is 34.1 Å². The van der Waals surface area contributed by atoms with E-state index in [1.165, 1.54) is 24.8 Å². The summed E-state index contributed by atoms with van der Waals surface area (Å²) in [6.45, 7) is 5.50. The molecule has 0 heterocycles. The van der Waals surface area contributed by atoms with Gasteiger partial charge >= 0.3 is 0 Å². The van der Waals surface area contributed by atoms with Gasteiger partial charge in [-0.1, -0.05) is 32.8 Å². The van der Waals surface area contributed by atoms with E-state index < -0.39 is 0 Å². The van der Waals surface area contributed by atoms with Gasteiger partial charge in [-0.3, -0.25) is 0 Å². The number of rotatable bonds is 8. The Kier molecular flexibility index (Phi) is 7.01. The van der Waals surface area contributed by atoms with Gasteiger partial charge in [0.1, 0.15) is 5.82 Å². The molecule has 0 aliphatic carbocycles. The van der Waals surface area contributed by atoms with Crippen molar-refractivity contribution in [2.24, 2.45) is 5.41 Å². The van der Waals surface area contributed by atoms with E-state index in [0.29, 0.717) is 4.47 Å². The highest BCUT2D eigenvalue weighted by molar-refractivity contribution is 9.10. The molecule has 0 aliphatic heterocycles. The fourth-order valence-corrected chi connectivity index (χ4v) is 3.10. The summed E-state index contributed by atoms with van der Waals surface area (Å²) in [7, 11) is 2.01. The molecule has 1 rings (SSSR count). The Hall–Kier alpha value is -0.410. The topological polar surface area (TPSA) is 12.0 Å². The Morgan fingerprint density at radius 2 is 2.05 bits per heavy atom. The van der Waals surface area contributed by atoms with Gasteiger partial charge in [0, 0.05) is 6.54 Å². The largest absolute Gasteiger partial charge is 0.319 e. The first-order chi connectivity index (χ1) is 9.06. The third kappa shape index (κ3) is 4.88. The summed E-state index contributed by atoms with van der Waals surface area (Å²) >= 11 is 3.28. The first-order valence-corrected chi connectivity index (χ1v) is 7.94. The van der Waals surface area contributed by atoms with E-state index >= 15 is 0 Å². The lowest BCUT2D eigenvalue weighted by Crippen LogP contribution is -2.34. The van der Waals surface area contributed by atoms with Crippen molar-refractivity contribution < 1.29 is 4.39 Å². The van der Waals surface area contributed by atoms with Crippen LogP contribution >= 0.6 is 15.9 Å². The van der Waals surface area contributed by atoms with Gasteiger partial charge in [-0.15, -0.1) is 0 Å². The van der Waals surface area contributed by atoms with Crippen LogP contribution in [0.4, 0.5) is 4.39 Å². The van der Waals surface area contributed by atoms with E-state index in [4.69, 9.17) is 0 Å². The van der Waals surface area contributed by atoms with E-state index in [-0.39, 0.29) is 11.2 Å². The van der Waals surface area contributed by atoms with E-state index in [0.717, 1.165) is 19.4 Å². The minimum absolute atomic E-state index is 0.187. The van der Waals surface area contributed by atoms with Crippen molar-refractivity contribution in [1.29, 1.82) is 0 Å². The Labute approximate surface area is 125 Å². The second kappa shape index (κ2) is 8.01. The zero-order chi connectivity index (χ0) is 14.3. The summed E-state index contributed by atoms with van der Waals surface area (Å²) in [5, 5.41) is 3.33. The second-order valence-electron chi connectivity index (χ2n) is 5.41. The molecule has 0 aliphatic rings. The number of nitrogens with one attached hydrogen (secondary N) is 1. The lowest BCUT2D eigenvalue weighted by atomic mass is 9.75. The molecule has 1 unspecified atom stereocenters. The van der Waals surface area contributed by atoms with Crippen molar-refractivity contribution in [3.8, 4) is 0 Å². The SMILES string of the molecule is CCCCC(CC)(CNC)Cc1ccc(F)c(Br)c1. The maximum Gasteiger partial charge on any atom is 0.137 e. The molecule has 1 aromatic rings. The Morgan fingerprint density at radius 1 is 1.32 bits per heavy atom. The zero-order valence-corrected chi connectivity index (χ0v) is 13.8. The Bertz CT molecular complexity index is 394. The molecule has 1 atom stereocenters. The molecule has 108 valence electrons. The van der Waals surface area contributed by atoms with Gasteiger partial charge < -0.3 is 5.32 Å². The molecule has 3 heteroatoms. The summed E-state index contributed by atoms with van der Waals surface area (Å²) in [6.07, 6.45) is 5.83. The quantitative estimate of drug-likeness (QED) is 0.712. The van der Waals surface area contributed by atoms with Crippen LogP contribution in [-0.4, -0.2) is 13.6 Å². The third-order valence-corrected chi connectivity index (χ3v) is 4.53. The van der Waals surface area contributed by atoms with E-state index in [2.05, 4.69) is 35.1 Å². The standard InChI is InChI=1S/C16H25BrFN/c1-4-6-9-16(5-2,12-19-3)11-13-7-8-15(18)14(17)10-13/h7-8,10,19H,4-6,9,11-12H2,1-3H3. The van der Waals surface area contributed by atoms with Gasteiger partial charge in [0.05, 0.1) is 4.47 Å². The third-order valence-electron chi connectivity index (χ3n) is 3.93. The zero-order valence-electron chi connectivity index (χ0n) is 12.2. The molecule has 1 aromatic carbocycles. The number of hydrogen-bond donors (Lipinski definition) is 1. The van der Waals surface area contributed by atoms with Gasteiger partial charge in [0.2, 0.25) is 0 Å². The average Bonchev–Trinajstić information content (AvgIpc) is 2.40. The van der Waals surface area contributed by atoms with Crippen molar-refractivity contribution in [2.75, 3.05) is 13.6 Å². The van der Waals surface area contributed by atoms with E-state index in [1.54, 1.807) is 6.07 Å². The van der Waals surface area contributed by atoms with Crippen LogP contribution in [0.1, 0.15) is 45.1 Å². The number of hydrogen-bond acceptors (Lipinski definition) is 1. The fourth-order valence-electron chi connectivity index (χ4n) is 2.68. The lowest BCUT2D eigenvalue weighted by molar-refractivity contribution is 0.235. The Morgan fingerprint density at radius 3 is 2.58 bits per heavy atom. The molecular weight excluding hydrogens is 305 g/mol. The molecule has 0 spiro atoms. The van der Waals surface area contributed by atoms with Crippen LogP contribution in [-0.2, 0) is 6.42 Å². The number of unbranched alkanes of at least 4 members (excludes halogenated alkanes) is 1. The summed E-state index contributed by atoms with van der Waals surface area (Å²) in [4.78, 5) is 0. The molecule has 19 heavy (non-hydrogen) atoms. The van der Waals surface area contributed by atoms with Crippen LogP contribution < -0.4 is 5.32 Å². The summed E-state index contributed by atoms with van der Waals surface area (Å²) in [5.74, 6) is -0.187. The van der Waals surface area contributed by atoms with Crippen molar-refractivity contribution >= 4 is 15.9 Å². The van der Waals surface area contributed by atoms with Crippen molar-refractivity contribution in [3.63, 3.8) is 0 Å². The highest BCUT2D eigenvalue weighted by Gasteiger charge is 2.27.